The minimum absolute atomic E-state index is 0.0547. The molecule has 0 aliphatic rings. The molecule has 0 aromatic heterocycles. The molecule has 0 bridgehead atoms. The lowest BCUT2D eigenvalue weighted by Gasteiger charge is -2.34. The largest absolute Gasteiger partial charge is 0.857 e. The summed E-state index contributed by atoms with van der Waals surface area (Å²) in [6, 6.07) is 43.4. The third kappa shape index (κ3) is 4.78. The highest BCUT2D eigenvalue weighted by Gasteiger charge is 2.54. The molecule has 2 nitrogen and oxygen atoms in total. The number of benzene rings is 4. The van der Waals surface area contributed by atoms with Gasteiger partial charge in [-0.2, -0.15) is 7.11 Å². The first-order valence-corrected chi connectivity index (χ1v) is 12.4. The Morgan fingerprint density at radius 3 is 1.23 bits per heavy atom. The summed E-state index contributed by atoms with van der Waals surface area (Å²) < 4.78 is 6.61. The fourth-order valence-electron chi connectivity index (χ4n) is 4.05. The third-order valence-corrected chi connectivity index (χ3v) is 9.74. The van der Waals surface area contributed by atoms with Gasteiger partial charge < -0.3 is 9.84 Å². The molecule has 1 atom stereocenters. The van der Waals surface area contributed by atoms with E-state index in [2.05, 4.69) is 128 Å². The normalized spacial score (nSPS) is 11.8. The molecule has 0 fully saturated rings. The average molecular weight is 429 g/mol. The van der Waals surface area contributed by atoms with E-state index in [0.717, 1.165) is 7.11 Å². The second-order valence-electron chi connectivity index (χ2n) is 6.95. The number of rotatable bonds is 7. The van der Waals surface area contributed by atoms with E-state index >= 15 is 0 Å². The smallest absolute Gasteiger partial charge is 0.206 e. The van der Waals surface area contributed by atoms with Crippen molar-refractivity contribution in [3.8, 4) is 0 Å². The van der Waals surface area contributed by atoms with Gasteiger partial charge in [0.05, 0.1) is 0 Å². The summed E-state index contributed by atoms with van der Waals surface area (Å²) in [5.74, 6) is -0.0547. The number of ether oxygens (including phenoxy) is 1. The van der Waals surface area contributed by atoms with Gasteiger partial charge in [0, 0.05) is 12.2 Å². The van der Waals surface area contributed by atoms with E-state index in [1.165, 1.54) is 21.5 Å². The fourth-order valence-corrected chi connectivity index (χ4v) is 8.68. The van der Waals surface area contributed by atoms with Crippen LogP contribution in [0.15, 0.2) is 121 Å². The SMILES string of the molecule is CCOC(c1ccccc1)[P+](c1ccccc1)(c1ccccc1)c1ccccc1.C[O-]. The summed E-state index contributed by atoms with van der Waals surface area (Å²) in [4.78, 5) is 0. The van der Waals surface area contributed by atoms with Crippen molar-refractivity contribution in [2.75, 3.05) is 13.7 Å². The third-order valence-electron chi connectivity index (χ3n) is 5.25. The summed E-state index contributed by atoms with van der Waals surface area (Å²) in [5, 5.41) is 12.2. The fraction of sp³-hybridized carbons (Fsp3) is 0.143. The molecule has 4 aromatic carbocycles. The van der Waals surface area contributed by atoms with Crippen molar-refractivity contribution in [1.29, 1.82) is 0 Å². The molecule has 0 aliphatic heterocycles. The Morgan fingerprint density at radius 1 is 0.581 bits per heavy atom. The Kier molecular flexibility index (Phi) is 8.55. The molecule has 31 heavy (non-hydrogen) atoms. The summed E-state index contributed by atoms with van der Waals surface area (Å²) in [7, 11) is -1.37. The van der Waals surface area contributed by atoms with E-state index in [1.807, 2.05) is 0 Å². The van der Waals surface area contributed by atoms with E-state index < -0.39 is 7.26 Å². The van der Waals surface area contributed by atoms with Crippen LogP contribution in [0.25, 0.3) is 0 Å². The minimum Gasteiger partial charge on any atom is -0.857 e. The number of hydrogen-bond acceptors (Lipinski definition) is 2. The monoisotopic (exact) mass is 428 g/mol. The first kappa shape index (κ1) is 22.9. The maximum atomic E-state index is 8.25. The van der Waals surface area contributed by atoms with Gasteiger partial charge in [-0.3, -0.25) is 0 Å². The second kappa shape index (κ2) is 11.6. The van der Waals surface area contributed by atoms with Crippen molar-refractivity contribution in [3.05, 3.63) is 127 Å². The molecule has 0 heterocycles. The Hall–Kier alpha value is -2.77. The van der Waals surface area contributed by atoms with E-state index in [0.29, 0.717) is 6.61 Å². The van der Waals surface area contributed by atoms with Gasteiger partial charge in [0.15, 0.2) is 0 Å². The van der Waals surface area contributed by atoms with Gasteiger partial charge in [0.1, 0.15) is 23.2 Å². The van der Waals surface area contributed by atoms with Gasteiger partial charge in [-0.25, -0.2) is 0 Å². The molecule has 0 amide bonds. The Labute approximate surface area is 186 Å². The first-order chi connectivity index (χ1) is 15.4. The van der Waals surface area contributed by atoms with E-state index in [-0.39, 0.29) is 5.85 Å². The van der Waals surface area contributed by atoms with Crippen LogP contribution in [0.3, 0.4) is 0 Å². The van der Waals surface area contributed by atoms with Gasteiger partial charge in [0.2, 0.25) is 5.85 Å². The molecular weight excluding hydrogens is 399 g/mol. The highest BCUT2D eigenvalue weighted by Crippen LogP contribution is 2.67. The van der Waals surface area contributed by atoms with Crippen LogP contribution in [-0.4, -0.2) is 13.7 Å². The zero-order valence-corrected chi connectivity index (χ0v) is 19.0. The van der Waals surface area contributed by atoms with E-state index in [9.17, 15) is 0 Å². The molecular formula is C28H29O2P. The molecule has 0 N–H and O–H groups in total. The maximum absolute atomic E-state index is 8.25. The zero-order chi connectivity index (χ0) is 21.9. The van der Waals surface area contributed by atoms with E-state index in [1.54, 1.807) is 0 Å². The molecule has 0 radical (unpaired) electrons. The molecule has 0 aliphatic carbocycles. The lowest BCUT2D eigenvalue weighted by molar-refractivity contribution is -0.325. The molecule has 0 saturated carbocycles. The topological polar surface area (TPSA) is 32.3 Å². The first-order valence-electron chi connectivity index (χ1n) is 10.5. The molecule has 0 spiro atoms. The van der Waals surface area contributed by atoms with Crippen LogP contribution in [0.1, 0.15) is 18.3 Å². The molecule has 0 saturated heterocycles. The summed E-state index contributed by atoms with van der Waals surface area (Å²) in [5.41, 5.74) is 1.22. The van der Waals surface area contributed by atoms with E-state index in [4.69, 9.17) is 9.84 Å². The van der Waals surface area contributed by atoms with Crippen molar-refractivity contribution < 1.29 is 9.84 Å². The molecule has 4 aromatic rings. The summed E-state index contributed by atoms with van der Waals surface area (Å²) in [6.07, 6.45) is 0. The van der Waals surface area contributed by atoms with Crippen molar-refractivity contribution >= 4 is 23.2 Å². The Balaban J connectivity index is 0.00000132. The van der Waals surface area contributed by atoms with Gasteiger partial charge in [-0.1, -0.05) is 84.9 Å². The predicted octanol–water partition coefficient (Wildman–Crippen LogP) is 4.69. The molecule has 1 unspecified atom stereocenters. The van der Waals surface area contributed by atoms with Crippen molar-refractivity contribution in [2.45, 2.75) is 12.8 Å². The van der Waals surface area contributed by atoms with Crippen LogP contribution in [-0.2, 0) is 4.74 Å². The number of hydrogen-bond donors (Lipinski definition) is 0. The van der Waals surface area contributed by atoms with Crippen LogP contribution >= 0.6 is 7.26 Å². The van der Waals surface area contributed by atoms with Crippen LogP contribution in [0, 0.1) is 0 Å². The summed E-state index contributed by atoms with van der Waals surface area (Å²) in [6.45, 7) is 2.75. The second-order valence-corrected chi connectivity index (χ2v) is 10.4. The van der Waals surface area contributed by atoms with Gasteiger partial charge in [-0.05, 0) is 43.3 Å². The Bertz CT molecular complexity index is 909. The highest BCUT2D eigenvalue weighted by atomic mass is 31.2. The minimum atomic E-state index is -2.12. The maximum Gasteiger partial charge on any atom is 0.206 e. The Morgan fingerprint density at radius 2 is 0.903 bits per heavy atom. The van der Waals surface area contributed by atoms with Gasteiger partial charge in [-0.15, -0.1) is 0 Å². The van der Waals surface area contributed by atoms with Crippen LogP contribution in [0.4, 0.5) is 0 Å². The highest BCUT2D eigenvalue weighted by molar-refractivity contribution is 7.95. The van der Waals surface area contributed by atoms with Gasteiger partial charge in [0.25, 0.3) is 0 Å². The van der Waals surface area contributed by atoms with Crippen LogP contribution < -0.4 is 21.0 Å². The lowest BCUT2D eigenvalue weighted by Crippen LogP contribution is -2.36. The zero-order valence-electron chi connectivity index (χ0n) is 18.1. The predicted molar refractivity (Wildman–Crippen MR) is 132 cm³/mol. The molecule has 158 valence electrons. The molecule has 3 heteroatoms. The standard InChI is InChI=1S/C27H26OP.CH3O/c1-2-28-27(23-15-7-3-8-16-23)29(24-17-9-4-10-18-24,25-19-11-5-12-20-25)26-21-13-6-14-22-26;1-2/h3-22,27H,2H2,1H3;1H3/q+1;-1. The average Bonchev–Trinajstić information content (AvgIpc) is 2.88. The van der Waals surface area contributed by atoms with Crippen molar-refractivity contribution in [1.82, 2.24) is 0 Å². The van der Waals surface area contributed by atoms with Crippen molar-refractivity contribution in [2.24, 2.45) is 0 Å². The summed E-state index contributed by atoms with van der Waals surface area (Å²) >= 11 is 0. The lowest BCUT2D eigenvalue weighted by atomic mass is 10.2. The molecule has 4 rings (SSSR count). The van der Waals surface area contributed by atoms with Crippen LogP contribution in [0.5, 0.6) is 0 Å². The van der Waals surface area contributed by atoms with Crippen LogP contribution in [0.2, 0.25) is 0 Å². The quantitative estimate of drug-likeness (QED) is 0.400. The van der Waals surface area contributed by atoms with Gasteiger partial charge >= 0.3 is 0 Å². The van der Waals surface area contributed by atoms with Crippen molar-refractivity contribution in [3.63, 3.8) is 0 Å².